The predicted octanol–water partition coefficient (Wildman–Crippen LogP) is 5.12. The number of para-hydroxylation sites is 1. The first-order valence-corrected chi connectivity index (χ1v) is 10.8. The number of carbonyl (C=O) groups is 1. The van der Waals surface area contributed by atoms with Gasteiger partial charge < -0.3 is 10.1 Å². The normalized spacial score (nSPS) is 16.6. The summed E-state index contributed by atoms with van der Waals surface area (Å²) in [5, 5.41) is 3.24. The molecule has 7 heteroatoms. The van der Waals surface area contributed by atoms with Gasteiger partial charge in [-0.3, -0.25) is 9.80 Å². The van der Waals surface area contributed by atoms with Gasteiger partial charge in [0.25, 0.3) is 0 Å². The van der Waals surface area contributed by atoms with Crippen molar-refractivity contribution in [3.05, 3.63) is 77.5 Å². The van der Waals surface area contributed by atoms with Crippen molar-refractivity contribution in [1.82, 2.24) is 9.97 Å². The van der Waals surface area contributed by atoms with Crippen LogP contribution in [0.5, 0.6) is 5.75 Å². The summed E-state index contributed by atoms with van der Waals surface area (Å²) in [6, 6.07) is 13.7. The Balaban J connectivity index is 1.58. The van der Waals surface area contributed by atoms with Crippen molar-refractivity contribution in [3.63, 3.8) is 0 Å². The Bertz CT molecular complexity index is 1190. The van der Waals surface area contributed by atoms with Crippen molar-refractivity contribution in [3.8, 4) is 5.75 Å². The summed E-state index contributed by atoms with van der Waals surface area (Å²) in [6.45, 7) is 5.49. The van der Waals surface area contributed by atoms with Crippen LogP contribution in [0.25, 0.3) is 0 Å². The quantitative estimate of drug-likeness (QED) is 0.546. The van der Waals surface area contributed by atoms with Crippen LogP contribution in [0.1, 0.15) is 23.1 Å². The maximum absolute atomic E-state index is 13.6. The molecule has 5 rings (SSSR count). The highest BCUT2D eigenvalue weighted by Gasteiger charge is 2.33. The van der Waals surface area contributed by atoms with Crippen molar-refractivity contribution in [2.45, 2.75) is 26.8 Å². The number of fused-ring (bicyclic) bond motifs is 3. The van der Waals surface area contributed by atoms with E-state index in [0.29, 0.717) is 31.5 Å². The Morgan fingerprint density at radius 3 is 2.69 bits per heavy atom. The summed E-state index contributed by atoms with van der Waals surface area (Å²) in [4.78, 5) is 26.4. The summed E-state index contributed by atoms with van der Waals surface area (Å²) in [5.74, 6) is 1.88. The summed E-state index contributed by atoms with van der Waals surface area (Å²) in [7, 11) is 0. The highest BCUT2D eigenvalue weighted by molar-refractivity contribution is 6.06. The molecule has 7 nitrogen and oxygen atoms in total. The molecule has 0 radical (unpaired) electrons. The molecule has 32 heavy (non-hydrogen) atoms. The molecule has 2 amide bonds. The molecule has 4 bridgehead atoms. The summed E-state index contributed by atoms with van der Waals surface area (Å²) < 4.78 is 5.83. The van der Waals surface area contributed by atoms with Crippen LogP contribution in [0.4, 0.5) is 27.9 Å². The highest BCUT2D eigenvalue weighted by atomic mass is 16.5. The largest absolute Gasteiger partial charge is 0.493 e. The number of nitrogens with zero attached hydrogens (tertiary/aromatic N) is 4. The van der Waals surface area contributed by atoms with Gasteiger partial charge in [0.15, 0.2) is 0 Å². The second-order valence-corrected chi connectivity index (χ2v) is 8.02. The van der Waals surface area contributed by atoms with Gasteiger partial charge in [-0.15, -0.1) is 0 Å². The summed E-state index contributed by atoms with van der Waals surface area (Å²) in [6.07, 6.45) is 6.60. The lowest BCUT2D eigenvalue weighted by Gasteiger charge is -2.37. The fourth-order valence-corrected chi connectivity index (χ4v) is 4.18. The summed E-state index contributed by atoms with van der Waals surface area (Å²) >= 11 is 0. The van der Waals surface area contributed by atoms with Gasteiger partial charge in [0.2, 0.25) is 5.95 Å². The molecule has 0 unspecified atom stereocenters. The third kappa shape index (κ3) is 3.77. The zero-order chi connectivity index (χ0) is 22.1. The van der Waals surface area contributed by atoms with Crippen molar-refractivity contribution in [2.24, 2.45) is 0 Å². The molecule has 3 heterocycles. The molecule has 0 atom stereocenters. The Kier molecular flexibility index (Phi) is 5.23. The molecule has 0 fully saturated rings. The lowest BCUT2D eigenvalue weighted by molar-refractivity contribution is 0.250. The van der Waals surface area contributed by atoms with Crippen molar-refractivity contribution >= 4 is 29.2 Å². The van der Waals surface area contributed by atoms with Crippen LogP contribution in [0.2, 0.25) is 0 Å². The Morgan fingerprint density at radius 1 is 1.03 bits per heavy atom. The number of carbonyl (C=O) groups excluding carboxylic acids is 1. The molecule has 0 saturated heterocycles. The van der Waals surface area contributed by atoms with Crippen LogP contribution >= 0.6 is 0 Å². The minimum absolute atomic E-state index is 0.0884. The van der Waals surface area contributed by atoms with Gasteiger partial charge in [-0.25, -0.2) is 9.78 Å². The molecule has 3 aromatic rings. The van der Waals surface area contributed by atoms with Gasteiger partial charge in [-0.05, 0) is 43.5 Å². The lowest BCUT2D eigenvalue weighted by atomic mass is 10.1. The minimum Gasteiger partial charge on any atom is -0.493 e. The zero-order valence-corrected chi connectivity index (χ0v) is 18.2. The maximum Gasteiger partial charge on any atom is 0.330 e. The Labute approximate surface area is 187 Å². The minimum atomic E-state index is -0.0884. The number of aryl methyl sites for hydroxylation is 2. The first-order valence-electron chi connectivity index (χ1n) is 10.8. The van der Waals surface area contributed by atoms with Crippen LogP contribution in [0, 0.1) is 13.8 Å². The van der Waals surface area contributed by atoms with Gasteiger partial charge >= 0.3 is 6.03 Å². The molecule has 2 aliphatic heterocycles. The smallest absolute Gasteiger partial charge is 0.330 e. The van der Waals surface area contributed by atoms with Gasteiger partial charge in [0.1, 0.15) is 11.6 Å². The molecule has 0 spiro atoms. The zero-order valence-electron chi connectivity index (χ0n) is 18.2. The number of rotatable bonds is 1. The van der Waals surface area contributed by atoms with E-state index in [1.54, 1.807) is 11.1 Å². The Hall–Kier alpha value is -3.87. The second-order valence-electron chi connectivity index (χ2n) is 8.02. The van der Waals surface area contributed by atoms with E-state index in [-0.39, 0.29) is 6.03 Å². The number of ether oxygens (including phenoxy) is 1. The number of amides is 2. The van der Waals surface area contributed by atoms with Gasteiger partial charge in [-0.2, -0.15) is 4.98 Å². The van der Waals surface area contributed by atoms with E-state index in [0.717, 1.165) is 40.2 Å². The second kappa shape index (κ2) is 8.34. The van der Waals surface area contributed by atoms with Crippen LogP contribution in [0.15, 0.2) is 60.8 Å². The molecule has 1 N–H and O–H groups in total. The first-order chi connectivity index (χ1) is 15.6. The molecular weight excluding hydrogens is 402 g/mol. The van der Waals surface area contributed by atoms with E-state index in [1.807, 2.05) is 73.4 Å². The Morgan fingerprint density at radius 2 is 1.84 bits per heavy atom. The number of urea groups is 1. The maximum atomic E-state index is 13.6. The van der Waals surface area contributed by atoms with Gasteiger partial charge in [-0.1, -0.05) is 36.4 Å². The lowest BCUT2D eigenvalue weighted by Crippen LogP contribution is -2.48. The average molecular weight is 428 g/mol. The number of anilines is 4. The van der Waals surface area contributed by atoms with E-state index in [4.69, 9.17) is 9.72 Å². The summed E-state index contributed by atoms with van der Waals surface area (Å²) in [5.41, 5.74) is 4.82. The van der Waals surface area contributed by atoms with Crippen LogP contribution in [-0.4, -0.2) is 29.2 Å². The average Bonchev–Trinajstić information content (AvgIpc) is 2.78. The molecular formula is C25H25N5O2. The van der Waals surface area contributed by atoms with Gasteiger partial charge in [0, 0.05) is 30.1 Å². The number of hydrogen-bond acceptors (Lipinski definition) is 5. The van der Waals surface area contributed by atoms with Crippen molar-refractivity contribution in [2.75, 3.05) is 28.3 Å². The van der Waals surface area contributed by atoms with Gasteiger partial charge in [0.05, 0.1) is 18.8 Å². The van der Waals surface area contributed by atoms with Crippen molar-refractivity contribution in [1.29, 1.82) is 0 Å². The van der Waals surface area contributed by atoms with Crippen LogP contribution < -0.4 is 19.9 Å². The number of hydrogen-bond donors (Lipinski definition) is 1. The number of aromatic nitrogens is 2. The third-order valence-electron chi connectivity index (χ3n) is 5.70. The topological polar surface area (TPSA) is 70.6 Å². The standard InChI is InChI=1S/C25H25N5O2/c1-17-8-6-9-18(2)22(17)30-16-19-15-26-24-27-20-10-7-11-21(14-20)32-13-5-3-4-12-29(25(30)31)23(19)28-24/h3-4,6-11,14-15H,5,12-13,16H2,1-2H3,(H,26,27,28)/b4-3-. The SMILES string of the molecule is Cc1cccc(C)c1N1Cc2cnc3nc2N(C/C=C\CCOc2cccc(c2)N3)C1=O. The van der Waals surface area contributed by atoms with E-state index in [1.165, 1.54) is 0 Å². The fraction of sp³-hybridized carbons (Fsp3) is 0.240. The number of benzene rings is 2. The predicted molar refractivity (Wildman–Crippen MR) is 126 cm³/mol. The monoisotopic (exact) mass is 427 g/mol. The molecule has 162 valence electrons. The third-order valence-corrected chi connectivity index (χ3v) is 5.70. The molecule has 0 saturated carbocycles. The highest BCUT2D eigenvalue weighted by Crippen LogP contribution is 2.34. The molecule has 1 aromatic heterocycles. The van der Waals surface area contributed by atoms with Crippen LogP contribution in [0.3, 0.4) is 0 Å². The fourth-order valence-electron chi connectivity index (χ4n) is 4.18. The molecule has 0 aliphatic carbocycles. The van der Waals surface area contributed by atoms with E-state index < -0.39 is 0 Å². The van der Waals surface area contributed by atoms with E-state index in [2.05, 4.69) is 10.3 Å². The van der Waals surface area contributed by atoms with Crippen LogP contribution in [-0.2, 0) is 6.54 Å². The van der Waals surface area contributed by atoms with E-state index >= 15 is 0 Å². The molecule has 2 aromatic carbocycles. The van der Waals surface area contributed by atoms with Crippen molar-refractivity contribution < 1.29 is 9.53 Å². The van der Waals surface area contributed by atoms with E-state index in [9.17, 15) is 4.79 Å². The first kappa shape index (κ1) is 20.1. The molecule has 2 aliphatic rings. The number of nitrogens with one attached hydrogen (secondary N) is 1.